The highest BCUT2D eigenvalue weighted by Crippen LogP contribution is 2.54. The third-order valence-corrected chi connectivity index (χ3v) is 4.34. The van der Waals surface area contributed by atoms with Crippen LogP contribution in [0.2, 0.25) is 5.02 Å². The maximum Gasteiger partial charge on any atom is 0.0406 e. The summed E-state index contributed by atoms with van der Waals surface area (Å²) in [4.78, 5) is 0. The Morgan fingerprint density at radius 3 is 1.86 bits per heavy atom. The maximum absolute atomic E-state index is 5.91. The van der Waals surface area contributed by atoms with Crippen molar-refractivity contribution < 1.29 is 0 Å². The first-order chi connectivity index (χ1) is 6.84. The number of rotatable bonds is 1. The fourth-order valence-electron chi connectivity index (χ4n) is 3.48. The summed E-state index contributed by atoms with van der Waals surface area (Å²) < 4.78 is 0. The number of fused-ring (bicyclic) bond motifs is 2. The number of benzene rings is 1. The van der Waals surface area contributed by atoms with E-state index in [-0.39, 0.29) is 0 Å². The van der Waals surface area contributed by atoms with Gasteiger partial charge in [0.15, 0.2) is 0 Å². The first-order valence-electron chi connectivity index (χ1n) is 5.60. The van der Waals surface area contributed by atoms with Gasteiger partial charge in [-0.2, -0.15) is 0 Å². The molecule has 0 heterocycles. The Labute approximate surface area is 90.3 Å². The Morgan fingerprint density at radius 1 is 0.857 bits per heavy atom. The molecule has 2 bridgehead atoms. The number of halogens is 1. The van der Waals surface area contributed by atoms with Crippen LogP contribution in [0.5, 0.6) is 0 Å². The van der Waals surface area contributed by atoms with Gasteiger partial charge in [0.25, 0.3) is 0 Å². The highest BCUT2D eigenvalue weighted by molar-refractivity contribution is 6.30. The third kappa shape index (κ3) is 1.28. The second-order valence-corrected chi connectivity index (χ2v) is 5.19. The monoisotopic (exact) mass is 206 g/mol. The van der Waals surface area contributed by atoms with E-state index in [9.17, 15) is 0 Å². The zero-order chi connectivity index (χ0) is 9.54. The van der Waals surface area contributed by atoms with E-state index in [0.717, 1.165) is 22.8 Å². The van der Waals surface area contributed by atoms with Crippen LogP contribution >= 0.6 is 11.6 Å². The molecule has 0 unspecified atom stereocenters. The Morgan fingerprint density at radius 2 is 1.36 bits per heavy atom. The molecule has 1 aromatic carbocycles. The molecule has 0 radical (unpaired) electrons. The highest BCUT2D eigenvalue weighted by atomic mass is 35.5. The van der Waals surface area contributed by atoms with Crippen molar-refractivity contribution in [1.82, 2.24) is 0 Å². The summed E-state index contributed by atoms with van der Waals surface area (Å²) in [5.41, 5.74) is 1.53. The number of hydrogen-bond donors (Lipinski definition) is 0. The molecule has 3 rings (SSSR count). The van der Waals surface area contributed by atoms with Crippen molar-refractivity contribution in [2.24, 2.45) is 11.8 Å². The lowest BCUT2D eigenvalue weighted by Crippen LogP contribution is -2.03. The molecule has 2 saturated carbocycles. The molecule has 74 valence electrons. The fraction of sp³-hybridized carbons (Fsp3) is 0.538. The summed E-state index contributed by atoms with van der Waals surface area (Å²) in [5, 5.41) is 0.860. The molecular weight excluding hydrogens is 192 g/mol. The summed E-state index contributed by atoms with van der Waals surface area (Å²) >= 11 is 5.91. The molecule has 0 aromatic heterocycles. The second-order valence-electron chi connectivity index (χ2n) is 4.75. The van der Waals surface area contributed by atoms with E-state index < -0.39 is 0 Å². The zero-order valence-corrected chi connectivity index (χ0v) is 9.00. The average Bonchev–Trinajstić information content (AvgIpc) is 2.78. The van der Waals surface area contributed by atoms with E-state index >= 15 is 0 Å². The van der Waals surface area contributed by atoms with Crippen LogP contribution in [-0.2, 0) is 0 Å². The lowest BCUT2D eigenvalue weighted by Gasteiger charge is -2.15. The summed E-state index contributed by atoms with van der Waals surface area (Å²) in [6.07, 6.45) is 5.83. The van der Waals surface area contributed by atoms with Crippen LogP contribution in [0.3, 0.4) is 0 Å². The molecule has 2 aliphatic carbocycles. The normalized spacial score (nSPS) is 35.1. The molecule has 2 fully saturated rings. The Balaban J connectivity index is 1.92. The minimum Gasteiger partial charge on any atom is -0.0843 e. The van der Waals surface area contributed by atoms with Gasteiger partial charge in [-0.25, -0.2) is 0 Å². The van der Waals surface area contributed by atoms with Crippen LogP contribution in [-0.4, -0.2) is 0 Å². The van der Waals surface area contributed by atoms with E-state index in [1.165, 1.54) is 31.2 Å². The standard InChI is InChI=1S/C13H15Cl/c14-12-7-5-11(6-8-12)13-9-1-2-10(13)4-3-9/h5-10,13H,1-4H2. The highest BCUT2D eigenvalue weighted by Gasteiger charge is 2.41. The van der Waals surface area contributed by atoms with Gasteiger partial charge in [-0.05, 0) is 61.1 Å². The Hall–Kier alpha value is -0.490. The van der Waals surface area contributed by atoms with Crippen molar-refractivity contribution in [3.63, 3.8) is 0 Å². The lowest BCUT2D eigenvalue weighted by molar-refractivity contribution is 0.480. The van der Waals surface area contributed by atoms with Crippen molar-refractivity contribution >= 4 is 11.6 Å². The van der Waals surface area contributed by atoms with Gasteiger partial charge >= 0.3 is 0 Å². The van der Waals surface area contributed by atoms with E-state index in [2.05, 4.69) is 12.1 Å². The molecule has 0 N–H and O–H groups in total. The quantitative estimate of drug-likeness (QED) is 0.645. The molecule has 2 aliphatic rings. The van der Waals surface area contributed by atoms with Gasteiger partial charge in [0.1, 0.15) is 0 Å². The van der Waals surface area contributed by atoms with Crippen molar-refractivity contribution in [2.45, 2.75) is 31.6 Å². The molecule has 0 spiro atoms. The van der Waals surface area contributed by atoms with E-state index in [1.807, 2.05) is 12.1 Å². The van der Waals surface area contributed by atoms with Crippen molar-refractivity contribution in [2.75, 3.05) is 0 Å². The van der Waals surface area contributed by atoms with Crippen LogP contribution in [0.15, 0.2) is 24.3 Å². The van der Waals surface area contributed by atoms with Crippen molar-refractivity contribution in [1.29, 1.82) is 0 Å². The molecule has 14 heavy (non-hydrogen) atoms. The third-order valence-electron chi connectivity index (χ3n) is 4.09. The Kier molecular flexibility index (Phi) is 2.05. The predicted octanol–water partition coefficient (Wildman–Crippen LogP) is 4.24. The molecule has 0 aliphatic heterocycles. The lowest BCUT2D eigenvalue weighted by atomic mass is 9.90. The summed E-state index contributed by atoms with van der Waals surface area (Å²) in [5.74, 6) is 2.80. The first kappa shape index (κ1) is 8.79. The second kappa shape index (κ2) is 3.27. The minimum atomic E-state index is 0.854. The molecule has 0 nitrogen and oxygen atoms in total. The molecule has 0 atom stereocenters. The topological polar surface area (TPSA) is 0 Å². The van der Waals surface area contributed by atoms with Crippen LogP contribution in [0.4, 0.5) is 0 Å². The van der Waals surface area contributed by atoms with Gasteiger partial charge in [-0.1, -0.05) is 23.7 Å². The molecule has 0 amide bonds. The zero-order valence-electron chi connectivity index (χ0n) is 8.25. The fourth-order valence-corrected chi connectivity index (χ4v) is 3.60. The van der Waals surface area contributed by atoms with Crippen molar-refractivity contribution in [3.8, 4) is 0 Å². The van der Waals surface area contributed by atoms with Gasteiger partial charge in [-0.15, -0.1) is 0 Å². The summed E-state index contributed by atoms with van der Waals surface area (Å²) in [6, 6.07) is 8.52. The van der Waals surface area contributed by atoms with Crippen LogP contribution in [0, 0.1) is 11.8 Å². The molecular formula is C13H15Cl. The van der Waals surface area contributed by atoms with Crippen LogP contribution in [0.1, 0.15) is 37.2 Å². The average molecular weight is 207 g/mol. The largest absolute Gasteiger partial charge is 0.0843 e. The smallest absolute Gasteiger partial charge is 0.0406 e. The van der Waals surface area contributed by atoms with Crippen LogP contribution < -0.4 is 0 Å². The summed E-state index contributed by atoms with van der Waals surface area (Å²) in [6.45, 7) is 0. The van der Waals surface area contributed by atoms with E-state index in [0.29, 0.717) is 0 Å². The van der Waals surface area contributed by atoms with Crippen molar-refractivity contribution in [3.05, 3.63) is 34.9 Å². The SMILES string of the molecule is Clc1ccc(C2C3CCC2CC3)cc1. The van der Waals surface area contributed by atoms with Gasteiger partial charge in [0.05, 0.1) is 0 Å². The maximum atomic E-state index is 5.91. The Bertz CT molecular complexity index is 308. The van der Waals surface area contributed by atoms with Gasteiger partial charge in [0, 0.05) is 5.02 Å². The van der Waals surface area contributed by atoms with E-state index in [1.54, 1.807) is 0 Å². The predicted molar refractivity (Wildman–Crippen MR) is 59.6 cm³/mol. The molecule has 1 aromatic rings. The van der Waals surface area contributed by atoms with E-state index in [4.69, 9.17) is 11.6 Å². The first-order valence-corrected chi connectivity index (χ1v) is 5.98. The minimum absolute atomic E-state index is 0.854. The van der Waals surface area contributed by atoms with Gasteiger partial charge < -0.3 is 0 Å². The van der Waals surface area contributed by atoms with Gasteiger partial charge in [-0.3, -0.25) is 0 Å². The number of hydrogen-bond acceptors (Lipinski definition) is 0. The van der Waals surface area contributed by atoms with Gasteiger partial charge in [0.2, 0.25) is 0 Å². The molecule has 1 heteroatoms. The molecule has 0 saturated heterocycles. The van der Waals surface area contributed by atoms with Crippen LogP contribution in [0.25, 0.3) is 0 Å². The summed E-state index contributed by atoms with van der Waals surface area (Å²) in [7, 11) is 0.